The zero-order valence-corrected chi connectivity index (χ0v) is 14.5. The van der Waals surface area contributed by atoms with Crippen molar-refractivity contribution in [2.75, 3.05) is 0 Å². The molecule has 2 aliphatic heterocycles. The molecule has 0 fully saturated rings. The average Bonchev–Trinajstić information content (AvgIpc) is 3.13. The van der Waals surface area contributed by atoms with Crippen LogP contribution in [0, 0.1) is 17.0 Å². The van der Waals surface area contributed by atoms with Gasteiger partial charge in [0.2, 0.25) is 5.75 Å². The highest BCUT2D eigenvalue weighted by molar-refractivity contribution is 5.56. The zero-order chi connectivity index (χ0) is 17.6. The molecule has 2 heterocycles. The summed E-state index contributed by atoms with van der Waals surface area (Å²) >= 11 is 0. The van der Waals surface area contributed by atoms with Crippen LogP contribution in [0.1, 0.15) is 35.6 Å². The first-order valence-corrected chi connectivity index (χ1v) is 8.72. The Morgan fingerprint density at radius 3 is 2.80 bits per heavy atom. The van der Waals surface area contributed by atoms with Crippen molar-refractivity contribution in [3.05, 3.63) is 62.7 Å². The van der Waals surface area contributed by atoms with E-state index in [1.54, 1.807) is 6.07 Å². The second-order valence-corrected chi connectivity index (χ2v) is 7.09. The molecule has 1 unspecified atom stereocenters. The first-order valence-electron chi connectivity index (χ1n) is 8.72. The van der Waals surface area contributed by atoms with Crippen LogP contribution in [-0.4, -0.2) is 17.1 Å². The van der Waals surface area contributed by atoms with Crippen molar-refractivity contribution >= 4 is 5.69 Å². The number of hydrogen-bond acceptors (Lipinski definition) is 4. The predicted molar refractivity (Wildman–Crippen MR) is 94.5 cm³/mol. The molecule has 2 aromatic carbocycles. The van der Waals surface area contributed by atoms with Gasteiger partial charge in [-0.1, -0.05) is 23.8 Å². The zero-order valence-electron chi connectivity index (χ0n) is 14.5. The summed E-state index contributed by atoms with van der Waals surface area (Å²) in [6.45, 7) is 4.02. The van der Waals surface area contributed by atoms with Gasteiger partial charge < -0.3 is 9.47 Å². The van der Waals surface area contributed by atoms with E-state index < -0.39 is 0 Å². The highest BCUT2D eigenvalue weighted by Gasteiger charge is 2.29. The van der Waals surface area contributed by atoms with E-state index in [2.05, 4.69) is 25.1 Å². The summed E-state index contributed by atoms with van der Waals surface area (Å²) in [6, 6.07) is 9.98. The Morgan fingerprint density at radius 1 is 1.16 bits per heavy atom. The molecule has 5 heteroatoms. The summed E-state index contributed by atoms with van der Waals surface area (Å²) in [5, 5.41) is 11.4. The molecule has 25 heavy (non-hydrogen) atoms. The maximum absolute atomic E-state index is 11.4. The molecule has 0 aliphatic carbocycles. The number of nitro groups is 1. The highest BCUT2D eigenvalue weighted by atomic mass is 16.6. The number of benzene rings is 2. The quantitative estimate of drug-likeness (QED) is 0.620. The molecule has 0 saturated heterocycles. The molecule has 130 valence electrons. The highest BCUT2D eigenvalue weighted by Crippen LogP contribution is 2.39. The number of nitrogens with zero attached hydrogens (tertiary/aromatic N) is 1. The third kappa shape index (κ3) is 3.06. The van der Waals surface area contributed by atoms with Gasteiger partial charge in [0, 0.05) is 24.5 Å². The molecule has 0 N–H and O–H groups in total. The van der Waals surface area contributed by atoms with Crippen molar-refractivity contribution in [2.24, 2.45) is 0 Å². The summed E-state index contributed by atoms with van der Waals surface area (Å²) in [6.07, 6.45) is 3.39. The smallest absolute Gasteiger partial charge is 0.311 e. The van der Waals surface area contributed by atoms with Crippen molar-refractivity contribution < 1.29 is 14.4 Å². The van der Waals surface area contributed by atoms with E-state index in [0.717, 1.165) is 42.6 Å². The van der Waals surface area contributed by atoms with Gasteiger partial charge in [0.1, 0.15) is 18.0 Å². The third-order valence-corrected chi connectivity index (χ3v) is 4.94. The van der Waals surface area contributed by atoms with Gasteiger partial charge in [0.05, 0.1) is 4.92 Å². The molecular weight excluding hydrogens is 318 g/mol. The normalized spacial score (nSPS) is 20.6. The van der Waals surface area contributed by atoms with Crippen molar-refractivity contribution in [1.82, 2.24) is 0 Å². The number of ether oxygens (including phenoxy) is 2. The maximum atomic E-state index is 11.4. The van der Waals surface area contributed by atoms with Crippen LogP contribution in [-0.2, 0) is 19.3 Å². The van der Waals surface area contributed by atoms with Gasteiger partial charge in [0.25, 0.3) is 0 Å². The van der Waals surface area contributed by atoms with Gasteiger partial charge in [-0.05, 0) is 43.9 Å². The lowest BCUT2D eigenvalue weighted by atomic mass is 9.99. The molecule has 2 aliphatic rings. The summed E-state index contributed by atoms with van der Waals surface area (Å²) in [5.74, 6) is 1.42. The minimum atomic E-state index is -0.342. The van der Waals surface area contributed by atoms with Crippen LogP contribution in [0.25, 0.3) is 0 Å². The second-order valence-electron chi connectivity index (χ2n) is 7.09. The van der Waals surface area contributed by atoms with E-state index in [4.69, 9.17) is 9.47 Å². The van der Waals surface area contributed by atoms with Crippen LogP contribution >= 0.6 is 0 Å². The molecule has 2 atom stereocenters. The molecule has 5 nitrogen and oxygen atoms in total. The topological polar surface area (TPSA) is 61.6 Å². The number of aryl methyl sites for hydroxylation is 2. The largest absolute Gasteiger partial charge is 0.490 e. The Balaban J connectivity index is 1.48. The van der Waals surface area contributed by atoms with Gasteiger partial charge in [-0.15, -0.1) is 0 Å². The Morgan fingerprint density at radius 2 is 2.00 bits per heavy atom. The fourth-order valence-corrected chi connectivity index (χ4v) is 3.79. The van der Waals surface area contributed by atoms with Gasteiger partial charge in [0.15, 0.2) is 0 Å². The van der Waals surface area contributed by atoms with Crippen LogP contribution in [0.3, 0.4) is 0 Å². The van der Waals surface area contributed by atoms with E-state index in [1.807, 2.05) is 13.0 Å². The summed E-state index contributed by atoms with van der Waals surface area (Å²) in [4.78, 5) is 11.0. The molecule has 0 aromatic heterocycles. The van der Waals surface area contributed by atoms with Gasteiger partial charge in [-0.25, -0.2) is 0 Å². The first kappa shape index (κ1) is 15.9. The molecule has 2 aromatic rings. The Labute approximate surface area is 146 Å². The van der Waals surface area contributed by atoms with Crippen molar-refractivity contribution in [3.63, 3.8) is 0 Å². The number of nitro benzene ring substituents is 1. The van der Waals surface area contributed by atoms with Crippen LogP contribution in [0.4, 0.5) is 5.69 Å². The lowest BCUT2D eigenvalue weighted by molar-refractivity contribution is -0.385. The van der Waals surface area contributed by atoms with Crippen molar-refractivity contribution in [1.29, 1.82) is 0 Å². The number of rotatable bonds is 4. The first-order chi connectivity index (χ1) is 12.0. The van der Waals surface area contributed by atoms with E-state index in [-0.39, 0.29) is 22.8 Å². The van der Waals surface area contributed by atoms with E-state index in [0.29, 0.717) is 5.75 Å². The lowest BCUT2D eigenvalue weighted by Gasteiger charge is -2.11. The maximum Gasteiger partial charge on any atom is 0.311 e. The molecule has 0 spiro atoms. The molecule has 0 saturated carbocycles. The van der Waals surface area contributed by atoms with Crippen LogP contribution in [0.2, 0.25) is 0 Å². The second kappa shape index (κ2) is 6.06. The summed E-state index contributed by atoms with van der Waals surface area (Å²) in [5.41, 5.74) is 4.52. The number of fused-ring (bicyclic) bond motifs is 2. The third-order valence-electron chi connectivity index (χ3n) is 4.94. The molecule has 0 bridgehead atoms. The molecular formula is C20H21NO4. The minimum absolute atomic E-state index is 0.000135. The Bertz CT molecular complexity index is 846. The predicted octanol–water partition coefficient (Wildman–Crippen LogP) is 4.16. The van der Waals surface area contributed by atoms with Crippen LogP contribution in [0.15, 0.2) is 30.3 Å². The SMILES string of the molecule is Cc1ccc2c(c1)CC(CCc1cc3c(c([N+](=O)[O-])c1)O[C@H](C)C3)O2. The standard InChI is InChI=1S/C20H21NO4/c1-12-3-6-19-15(7-12)11-17(25-19)5-4-14-9-16-8-13(2)24-20(16)18(10-14)21(22)23/h3,6-7,9-10,13,17H,4-5,8,11H2,1-2H3/t13-,17?/m1/s1. The fraction of sp³-hybridized carbons (Fsp3) is 0.400. The Kier molecular flexibility index (Phi) is 3.86. The van der Waals surface area contributed by atoms with Gasteiger partial charge in [-0.3, -0.25) is 10.1 Å². The Hall–Kier alpha value is -2.56. The fourth-order valence-electron chi connectivity index (χ4n) is 3.79. The van der Waals surface area contributed by atoms with E-state index >= 15 is 0 Å². The van der Waals surface area contributed by atoms with Crippen LogP contribution < -0.4 is 9.47 Å². The van der Waals surface area contributed by atoms with E-state index in [1.165, 1.54) is 11.1 Å². The molecule has 0 amide bonds. The van der Waals surface area contributed by atoms with Crippen molar-refractivity contribution in [3.8, 4) is 11.5 Å². The van der Waals surface area contributed by atoms with Crippen LogP contribution in [0.5, 0.6) is 11.5 Å². The van der Waals surface area contributed by atoms with Gasteiger partial charge in [-0.2, -0.15) is 0 Å². The molecule has 0 radical (unpaired) electrons. The minimum Gasteiger partial charge on any atom is -0.490 e. The number of hydrogen-bond donors (Lipinski definition) is 0. The van der Waals surface area contributed by atoms with Crippen molar-refractivity contribution in [2.45, 2.75) is 51.7 Å². The van der Waals surface area contributed by atoms with E-state index in [9.17, 15) is 10.1 Å². The lowest BCUT2D eigenvalue weighted by Crippen LogP contribution is -2.14. The summed E-state index contributed by atoms with van der Waals surface area (Å²) < 4.78 is 11.6. The average molecular weight is 339 g/mol. The monoisotopic (exact) mass is 339 g/mol. The summed E-state index contributed by atoms with van der Waals surface area (Å²) in [7, 11) is 0. The molecule has 4 rings (SSSR count). The van der Waals surface area contributed by atoms with Gasteiger partial charge >= 0.3 is 5.69 Å².